The van der Waals surface area contributed by atoms with Crippen molar-refractivity contribution in [2.75, 3.05) is 26.8 Å². The number of aromatic amines is 1. The van der Waals surface area contributed by atoms with Crippen molar-refractivity contribution in [1.82, 2.24) is 20.2 Å². The molecular weight excluding hydrogens is 280 g/mol. The van der Waals surface area contributed by atoms with E-state index in [4.69, 9.17) is 4.74 Å². The standard InChI is InChI=1S/C12H22N4O3S/c1-12(3-5-19-6-4-12)9-15-20(17,18)11-10(7-13-2)8-14-16-11/h8,13,15H,3-7,9H2,1-2H3,(H,14,16). The monoisotopic (exact) mass is 302 g/mol. The molecule has 0 aliphatic carbocycles. The fourth-order valence-corrected chi connectivity index (χ4v) is 3.56. The molecule has 0 atom stereocenters. The molecule has 2 rings (SSSR count). The summed E-state index contributed by atoms with van der Waals surface area (Å²) in [5.41, 5.74) is 0.589. The molecule has 1 aliphatic heterocycles. The molecule has 0 bridgehead atoms. The third kappa shape index (κ3) is 3.57. The SMILES string of the molecule is CNCc1cn[nH]c1S(=O)(=O)NCC1(C)CCOCC1. The summed E-state index contributed by atoms with van der Waals surface area (Å²) < 4.78 is 32.7. The molecule has 7 nitrogen and oxygen atoms in total. The van der Waals surface area contributed by atoms with Crippen LogP contribution >= 0.6 is 0 Å². The maximum Gasteiger partial charge on any atom is 0.257 e. The Morgan fingerprint density at radius 1 is 1.45 bits per heavy atom. The predicted molar refractivity (Wildman–Crippen MR) is 74.7 cm³/mol. The topological polar surface area (TPSA) is 96.1 Å². The summed E-state index contributed by atoms with van der Waals surface area (Å²) in [6.07, 6.45) is 3.25. The molecule has 8 heteroatoms. The minimum atomic E-state index is -3.56. The van der Waals surface area contributed by atoms with Gasteiger partial charge in [0.15, 0.2) is 5.03 Å². The first-order valence-electron chi connectivity index (χ1n) is 6.71. The van der Waals surface area contributed by atoms with Gasteiger partial charge in [0.05, 0.1) is 6.20 Å². The van der Waals surface area contributed by atoms with Gasteiger partial charge in [0, 0.05) is 31.9 Å². The van der Waals surface area contributed by atoms with E-state index in [-0.39, 0.29) is 10.4 Å². The maximum atomic E-state index is 12.3. The van der Waals surface area contributed by atoms with E-state index >= 15 is 0 Å². The quantitative estimate of drug-likeness (QED) is 0.699. The zero-order valence-electron chi connectivity index (χ0n) is 11.9. The normalized spacial score (nSPS) is 19.1. The average Bonchev–Trinajstić information content (AvgIpc) is 2.87. The highest BCUT2D eigenvalue weighted by Gasteiger charge is 2.30. The maximum absolute atomic E-state index is 12.3. The Hall–Kier alpha value is -0.960. The van der Waals surface area contributed by atoms with E-state index in [9.17, 15) is 8.42 Å². The van der Waals surface area contributed by atoms with Crippen LogP contribution < -0.4 is 10.0 Å². The Bertz CT molecular complexity index is 535. The summed E-state index contributed by atoms with van der Waals surface area (Å²) >= 11 is 0. The number of sulfonamides is 1. The molecule has 0 spiro atoms. The second-order valence-electron chi connectivity index (χ2n) is 5.50. The van der Waals surface area contributed by atoms with Crippen LogP contribution in [0.5, 0.6) is 0 Å². The van der Waals surface area contributed by atoms with Crippen LogP contribution in [-0.2, 0) is 21.3 Å². The summed E-state index contributed by atoms with van der Waals surface area (Å²) in [6.45, 7) is 4.33. The largest absolute Gasteiger partial charge is 0.381 e. The molecule has 0 aromatic carbocycles. The Labute approximate surface area is 119 Å². The van der Waals surface area contributed by atoms with Gasteiger partial charge in [-0.3, -0.25) is 5.10 Å². The van der Waals surface area contributed by atoms with E-state index in [2.05, 4.69) is 27.2 Å². The van der Waals surface area contributed by atoms with Crippen molar-refractivity contribution < 1.29 is 13.2 Å². The van der Waals surface area contributed by atoms with Crippen LogP contribution in [0.25, 0.3) is 0 Å². The van der Waals surface area contributed by atoms with Crippen molar-refractivity contribution in [3.05, 3.63) is 11.8 Å². The summed E-state index contributed by atoms with van der Waals surface area (Å²) in [7, 11) is -1.79. The van der Waals surface area contributed by atoms with Gasteiger partial charge in [-0.05, 0) is 25.3 Å². The zero-order valence-corrected chi connectivity index (χ0v) is 12.7. The van der Waals surface area contributed by atoms with E-state index < -0.39 is 10.0 Å². The van der Waals surface area contributed by atoms with Crippen LogP contribution in [0.3, 0.4) is 0 Å². The highest BCUT2D eigenvalue weighted by Crippen LogP contribution is 2.29. The van der Waals surface area contributed by atoms with E-state index in [1.165, 1.54) is 6.20 Å². The lowest BCUT2D eigenvalue weighted by Gasteiger charge is -2.33. The number of aromatic nitrogens is 2. The van der Waals surface area contributed by atoms with Crippen LogP contribution in [0.15, 0.2) is 11.2 Å². The van der Waals surface area contributed by atoms with Crippen molar-refractivity contribution in [3.63, 3.8) is 0 Å². The molecule has 3 N–H and O–H groups in total. The van der Waals surface area contributed by atoms with Crippen LogP contribution in [-0.4, -0.2) is 45.4 Å². The average molecular weight is 302 g/mol. The fourth-order valence-electron chi connectivity index (χ4n) is 2.23. The van der Waals surface area contributed by atoms with Gasteiger partial charge in [-0.2, -0.15) is 5.10 Å². The van der Waals surface area contributed by atoms with Crippen molar-refractivity contribution in [3.8, 4) is 0 Å². The first-order chi connectivity index (χ1) is 9.47. The summed E-state index contributed by atoms with van der Waals surface area (Å²) in [4.78, 5) is 0. The number of hydrogen-bond donors (Lipinski definition) is 3. The van der Waals surface area contributed by atoms with Gasteiger partial charge < -0.3 is 10.1 Å². The highest BCUT2D eigenvalue weighted by atomic mass is 32.2. The molecule has 0 radical (unpaired) electrons. The molecule has 0 amide bonds. The smallest absolute Gasteiger partial charge is 0.257 e. The molecule has 1 saturated heterocycles. The van der Waals surface area contributed by atoms with Crippen LogP contribution in [0.2, 0.25) is 0 Å². The molecule has 20 heavy (non-hydrogen) atoms. The van der Waals surface area contributed by atoms with Gasteiger partial charge >= 0.3 is 0 Å². The van der Waals surface area contributed by atoms with Gasteiger partial charge in [-0.25, -0.2) is 13.1 Å². The second kappa shape index (κ2) is 6.21. The van der Waals surface area contributed by atoms with Gasteiger partial charge in [0.2, 0.25) is 0 Å². The lowest BCUT2D eigenvalue weighted by Crippen LogP contribution is -2.39. The van der Waals surface area contributed by atoms with E-state index in [0.717, 1.165) is 12.8 Å². The van der Waals surface area contributed by atoms with Crippen LogP contribution in [0.4, 0.5) is 0 Å². The number of rotatable bonds is 6. The predicted octanol–water partition coefficient (Wildman–Crippen LogP) is 0.224. The van der Waals surface area contributed by atoms with Crippen LogP contribution in [0.1, 0.15) is 25.3 Å². The minimum Gasteiger partial charge on any atom is -0.381 e. The van der Waals surface area contributed by atoms with Crippen molar-refractivity contribution in [2.24, 2.45) is 5.41 Å². The van der Waals surface area contributed by atoms with E-state index in [0.29, 0.717) is 31.9 Å². The molecule has 1 fully saturated rings. The Morgan fingerprint density at radius 3 is 2.80 bits per heavy atom. The summed E-state index contributed by atoms with van der Waals surface area (Å²) in [5.74, 6) is 0. The molecule has 1 aromatic rings. The number of nitrogens with zero attached hydrogens (tertiary/aromatic N) is 1. The Morgan fingerprint density at radius 2 is 2.15 bits per heavy atom. The van der Waals surface area contributed by atoms with Crippen molar-refractivity contribution >= 4 is 10.0 Å². The third-order valence-electron chi connectivity index (χ3n) is 3.70. The molecule has 114 valence electrons. The number of ether oxygens (including phenoxy) is 1. The Kier molecular flexibility index (Phi) is 4.79. The van der Waals surface area contributed by atoms with Gasteiger partial charge in [-0.1, -0.05) is 6.92 Å². The first-order valence-corrected chi connectivity index (χ1v) is 8.19. The van der Waals surface area contributed by atoms with E-state index in [1.54, 1.807) is 7.05 Å². The summed E-state index contributed by atoms with van der Waals surface area (Å²) in [6, 6.07) is 0. The van der Waals surface area contributed by atoms with Gasteiger partial charge in [-0.15, -0.1) is 0 Å². The lowest BCUT2D eigenvalue weighted by atomic mass is 9.83. The second-order valence-corrected chi connectivity index (χ2v) is 7.21. The molecule has 1 aromatic heterocycles. The van der Waals surface area contributed by atoms with Gasteiger partial charge in [0.25, 0.3) is 10.0 Å². The number of hydrogen-bond acceptors (Lipinski definition) is 5. The van der Waals surface area contributed by atoms with Crippen molar-refractivity contribution in [1.29, 1.82) is 0 Å². The number of H-pyrrole nitrogens is 1. The molecule has 0 saturated carbocycles. The summed E-state index contributed by atoms with van der Waals surface area (Å²) in [5, 5.41) is 9.45. The van der Waals surface area contributed by atoms with Gasteiger partial charge in [0.1, 0.15) is 0 Å². The third-order valence-corrected chi connectivity index (χ3v) is 5.12. The molecule has 2 heterocycles. The lowest BCUT2D eigenvalue weighted by molar-refractivity contribution is 0.0264. The first kappa shape index (κ1) is 15.4. The van der Waals surface area contributed by atoms with Crippen LogP contribution in [0, 0.1) is 5.41 Å². The fraction of sp³-hybridized carbons (Fsp3) is 0.750. The molecular formula is C12H22N4O3S. The highest BCUT2D eigenvalue weighted by molar-refractivity contribution is 7.89. The molecule has 1 aliphatic rings. The minimum absolute atomic E-state index is 0.0471. The van der Waals surface area contributed by atoms with Crippen molar-refractivity contribution in [2.45, 2.75) is 31.3 Å². The zero-order chi connectivity index (χ0) is 14.6. The number of nitrogens with one attached hydrogen (secondary N) is 3. The molecule has 0 unspecified atom stereocenters. The Balaban J connectivity index is 2.05. The van der Waals surface area contributed by atoms with E-state index in [1.807, 2.05) is 0 Å².